The van der Waals surface area contributed by atoms with Crippen molar-refractivity contribution in [1.29, 1.82) is 0 Å². The monoisotopic (exact) mass is 374 g/mol. The van der Waals surface area contributed by atoms with Gasteiger partial charge in [-0.05, 0) is 36.4 Å². The molecule has 24 heavy (non-hydrogen) atoms. The number of fused-ring (bicyclic) bond motifs is 1. The minimum atomic E-state index is 0.249. The Balaban J connectivity index is 1.42. The molecule has 0 unspecified atom stereocenters. The van der Waals surface area contributed by atoms with Crippen LogP contribution in [0.1, 0.15) is 23.8 Å². The number of piperidine rings is 1. The summed E-state index contributed by atoms with van der Waals surface area (Å²) >= 11 is 5.12. The van der Waals surface area contributed by atoms with Gasteiger partial charge in [-0.2, -0.15) is 0 Å². The lowest BCUT2D eigenvalue weighted by molar-refractivity contribution is -0.129. The molecular weight excluding hydrogens is 356 g/mol. The van der Waals surface area contributed by atoms with Crippen molar-refractivity contribution < 1.29 is 4.79 Å². The molecule has 1 atom stereocenters. The van der Waals surface area contributed by atoms with Gasteiger partial charge in [0.2, 0.25) is 5.91 Å². The van der Waals surface area contributed by atoms with Crippen molar-refractivity contribution in [3.8, 4) is 0 Å². The number of aromatic nitrogens is 1. The van der Waals surface area contributed by atoms with Crippen molar-refractivity contribution in [3.05, 3.63) is 46.8 Å². The van der Waals surface area contributed by atoms with Crippen LogP contribution in [0.5, 0.6) is 0 Å². The van der Waals surface area contributed by atoms with E-state index in [-0.39, 0.29) is 5.91 Å². The first-order valence-electron chi connectivity index (χ1n) is 8.09. The average Bonchev–Trinajstić information content (AvgIpc) is 3.29. The zero-order valence-electron chi connectivity index (χ0n) is 13.2. The van der Waals surface area contributed by atoms with Gasteiger partial charge in [0.1, 0.15) is 0 Å². The highest BCUT2D eigenvalue weighted by Crippen LogP contribution is 2.33. The minimum absolute atomic E-state index is 0.249. The van der Waals surface area contributed by atoms with Crippen LogP contribution in [-0.2, 0) is 4.79 Å². The Morgan fingerprint density at radius 1 is 1.29 bits per heavy atom. The number of carbonyl (C=O) groups excluding carboxylic acids is 1. The van der Waals surface area contributed by atoms with E-state index in [2.05, 4.69) is 29.6 Å². The Labute approximate surface area is 153 Å². The molecule has 1 saturated heterocycles. The van der Waals surface area contributed by atoms with Gasteiger partial charge >= 0.3 is 0 Å². The highest BCUT2D eigenvalue weighted by molar-refractivity contribution is 8.01. The Bertz CT molecular complexity index is 795. The number of hydrogen-bond acceptors (Lipinski definition) is 5. The molecule has 1 aliphatic rings. The van der Waals surface area contributed by atoms with E-state index in [4.69, 9.17) is 4.98 Å². The predicted octanol–water partition coefficient (Wildman–Crippen LogP) is 4.86. The molecule has 1 amide bonds. The highest BCUT2D eigenvalue weighted by Gasteiger charge is 2.26. The summed E-state index contributed by atoms with van der Waals surface area (Å²) < 4.78 is 2.45. The molecule has 4 rings (SSSR count). The van der Waals surface area contributed by atoms with E-state index in [0.717, 1.165) is 31.4 Å². The van der Waals surface area contributed by atoms with E-state index in [9.17, 15) is 4.79 Å². The third-order valence-corrected chi connectivity index (χ3v) is 7.58. The van der Waals surface area contributed by atoms with Gasteiger partial charge in [0, 0.05) is 19.0 Å². The number of amides is 1. The Kier molecular flexibility index (Phi) is 4.87. The van der Waals surface area contributed by atoms with Crippen LogP contribution in [-0.4, -0.2) is 34.6 Å². The number of carbonyl (C=O) groups is 1. The summed E-state index contributed by atoms with van der Waals surface area (Å²) in [5.41, 5.74) is 1.08. The number of rotatable bonds is 4. The van der Waals surface area contributed by atoms with Crippen molar-refractivity contribution in [2.45, 2.75) is 23.0 Å². The first-order chi connectivity index (χ1) is 11.8. The second-order valence-corrected chi connectivity index (χ2v) is 9.21. The lowest BCUT2D eigenvalue weighted by Crippen LogP contribution is -2.40. The molecule has 124 valence electrons. The van der Waals surface area contributed by atoms with Gasteiger partial charge in [-0.25, -0.2) is 4.98 Å². The van der Waals surface area contributed by atoms with Crippen LogP contribution in [0.15, 0.2) is 46.0 Å². The van der Waals surface area contributed by atoms with Gasteiger partial charge in [0.15, 0.2) is 0 Å². The van der Waals surface area contributed by atoms with E-state index in [1.807, 2.05) is 17.0 Å². The summed E-state index contributed by atoms with van der Waals surface area (Å²) in [6, 6.07) is 12.4. The zero-order valence-corrected chi connectivity index (χ0v) is 15.6. The SMILES string of the molecule is O=C(CSc1cccs1)N1CCC[C@@H](c2nc3ccccc3s2)C1. The van der Waals surface area contributed by atoms with Gasteiger partial charge in [-0.15, -0.1) is 34.4 Å². The van der Waals surface area contributed by atoms with Gasteiger partial charge in [-0.1, -0.05) is 18.2 Å². The maximum absolute atomic E-state index is 12.5. The molecule has 0 bridgehead atoms. The fraction of sp³-hybridized carbons (Fsp3) is 0.333. The van der Waals surface area contributed by atoms with Gasteiger partial charge < -0.3 is 4.90 Å². The first kappa shape index (κ1) is 16.1. The smallest absolute Gasteiger partial charge is 0.232 e. The van der Waals surface area contributed by atoms with Crippen molar-refractivity contribution in [1.82, 2.24) is 9.88 Å². The second-order valence-electron chi connectivity index (χ2n) is 5.92. The molecule has 1 fully saturated rings. The molecule has 0 spiro atoms. The fourth-order valence-corrected chi connectivity index (χ4v) is 5.82. The first-order valence-corrected chi connectivity index (χ1v) is 10.8. The van der Waals surface area contributed by atoms with Crippen LogP contribution < -0.4 is 0 Å². The molecule has 0 aliphatic carbocycles. The maximum Gasteiger partial charge on any atom is 0.232 e. The molecular formula is C18H18N2OS3. The fourth-order valence-electron chi connectivity index (χ4n) is 3.04. The molecule has 0 saturated carbocycles. The third kappa shape index (κ3) is 3.50. The Morgan fingerprint density at radius 3 is 3.04 bits per heavy atom. The molecule has 0 radical (unpaired) electrons. The van der Waals surface area contributed by atoms with Gasteiger partial charge in [0.05, 0.1) is 25.2 Å². The number of thioether (sulfide) groups is 1. The van der Waals surface area contributed by atoms with Crippen molar-refractivity contribution in [2.75, 3.05) is 18.8 Å². The summed E-state index contributed by atoms with van der Waals surface area (Å²) in [6.07, 6.45) is 2.19. The van der Waals surface area contributed by atoms with Crippen LogP contribution in [0.2, 0.25) is 0 Å². The molecule has 3 aromatic rings. The molecule has 1 aliphatic heterocycles. The van der Waals surface area contributed by atoms with E-state index < -0.39 is 0 Å². The van der Waals surface area contributed by atoms with Crippen molar-refractivity contribution in [2.24, 2.45) is 0 Å². The average molecular weight is 375 g/mol. The number of thiazole rings is 1. The van der Waals surface area contributed by atoms with E-state index in [0.29, 0.717) is 11.7 Å². The number of thiophene rings is 1. The van der Waals surface area contributed by atoms with Crippen LogP contribution in [0.25, 0.3) is 10.2 Å². The predicted molar refractivity (Wildman–Crippen MR) is 103 cm³/mol. The largest absolute Gasteiger partial charge is 0.341 e. The van der Waals surface area contributed by atoms with E-state index in [1.165, 1.54) is 13.9 Å². The number of hydrogen-bond donors (Lipinski definition) is 0. The number of benzene rings is 1. The second kappa shape index (κ2) is 7.25. The Morgan fingerprint density at radius 2 is 2.21 bits per heavy atom. The standard InChI is InChI=1S/C18H18N2OS3/c21-16(12-23-17-8-4-10-22-17)20-9-3-5-13(11-20)18-19-14-6-1-2-7-15(14)24-18/h1-2,4,6-8,10,13H,3,5,9,11-12H2/t13-/m1/s1. The summed E-state index contributed by atoms with van der Waals surface area (Å²) in [4.78, 5) is 19.4. The molecule has 3 nitrogen and oxygen atoms in total. The van der Waals surface area contributed by atoms with Crippen LogP contribution >= 0.6 is 34.4 Å². The lowest BCUT2D eigenvalue weighted by atomic mass is 9.99. The quantitative estimate of drug-likeness (QED) is 0.612. The van der Waals surface area contributed by atoms with E-state index in [1.54, 1.807) is 34.4 Å². The summed E-state index contributed by atoms with van der Waals surface area (Å²) in [6.45, 7) is 1.69. The summed E-state index contributed by atoms with van der Waals surface area (Å²) in [5.74, 6) is 1.17. The van der Waals surface area contributed by atoms with Gasteiger partial charge in [-0.3, -0.25) is 4.79 Å². The van der Waals surface area contributed by atoms with Crippen LogP contribution in [0, 0.1) is 0 Å². The van der Waals surface area contributed by atoms with Gasteiger partial charge in [0.25, 0.3) is 0 Å². The van der Waals surface area contributed by atoms with Crippen LogP contribution in [0.4, 0.5) is 0 Å². The molecule has 6 heteroatoms. The molecule has 0 N–H and O–H groups in total. The minimum Gasteiger partial charge on any atom is -0.341 e. The third-order valence-electron chi connectivity index (χ3n) is 4.27. The number of nitrogens with zero attached hydrogens (tertiary/aromatic N) is 2. The number of likely N-dealkylation sites (tertiary alicyclic amines) is 1. The molecule has 2 aromatic heterocycles. The summed E-state index contributed by atoms with van der Waals surface area (Å²) in [7, 11) is 0. The van der Waals surface area contributed by atoms with Crippen molar-refractivity contribution in [3.63, 3.8) is 0 Å². The molecule has 1 aromatic carbocycles. The normalized spacial score (nSPS) is 18.2. The highest BCUT2D eigenvalue weighted by atomic mass is 32.2. The topological polar surface area (TPSA) is 33.2 Å². The van der Waals surface area contributed by atoms with Crippen LogP contribution in [0.3, 0.4) is 0 Å². The summed E-state index contributed by atoms with van der Waals surface area (Å²) in [5, 5.41) is 3.23. The molecule has 3 heterocycles. The lowest BCUT2D eigenvalue weighted by Gasteiger charge is -2.31. The Hall–Kier alpha value is -1.37. The number of para-hydroxylation sites is 1. The maximum atomic E-state index is 12.5. The van der Waals surface area contributed by atoms with Crippen molar-refractivity contribution >= 4 is 50.6 Å². The zero-order chi connectivity index (χ0) is 16.4. The van der Waals surface area contributed by atoms with E-state index >= 15 is 0 Å².